The highest BCUT2D eigenvalue weighted by Gasteiger charge is 2.32. The smallest absolute Gasteiger partial charge is 0.323 e. The van der Waals surface area contributed by atoms with E-state index in [1.165, 1.54) is 35.5 Å². The molecule has 2 aliphatic rings. The number of aliphatic hydroxyl groups excluding tert-OH is 1. The number of ether oxygens (including phenoxy) is 5. The van der Waals surface area contributed by atoms with Gasteiger partial charge in [-0.3, -0.25) is 4.79 Å². The molecule has 0 aliphatic carbocycles. The molecule has 0 spiro atoms. The maximum Gasteiger partial charge on any atom is 0.323 e. The second-order valence-corrected chi connectivity index (χ2v) is 15.2. The van der Waals surface area contributed by atoms with Crippen molar-refractivity contribution in [2.75, 3.05) is 57.9 Å². The van der Waals surface area contributed by atoms with Gasteiger partial charge in [-0.1, -0.05) is 6.92 Å². The lowest BCUT2D eigenvalue weighted by Gasteiger charge is -2.35. The van der Waals surface area contributed by atoms with Crippen molar-refractivity contribution in [3.63, 3.8) is 0 Å². The van der Waals surface area contributed by atoms with Gasteiger partial charge in [-0.05, 0) is 87.7 Å². The van der Waals surface area contributed by atoms with Crippen molar-refractivity contribution in [3.05, 3.63) is 66.2 Å². The van der Waals surface area contributed by atoms with Crippen LogP contribution in [0.2, 0.25) is 0 Å². The van der Waals surface area contributed by atoms with E-state index in [1.54, 1.807) is 55.5 Å². The molecule has 0 fully saturated rings. The van der Waals surface area contributed by atoms with Crippen LogP contribution in [0.15, 0.2) is 65.6 Å². The first-order chi connectivity index (χ1) is 24.9. The maximum absolute atomic E-state index is 14.4. The van der Waals surface area contributed by atoms with Crippen LogP contribution in [0, 0.1) is 5.92 Å². The van der Waals surface area contributed by atoms with Crippen molar-refractivity contribution in [1.29, 1.82) is 0 Å². The summed E-state index contributed by atoms with van der Waals surface area (Å²) in [5.41, 5.74) is 1.04. The number of aliphatic hydroxyl groups is 1. The van der Waals surface area contributed by atoms with Gasteiger partial charge in [-0.25, -0.2) is 13.2 Å². The average Bonchev–Trinajstić information content (AvgIpc) is 3.60. The largest absolute Gasteiger partial charge is 0.497 e. The lowest BCUT2D eigenvalue weighted by Crippen LogP contribution is -2.48. The molecule has 0 saturated heterocycles. The first-order valence-corrected chi connectivity index (χ1v) is 18.8. The first-order valence-electron chi connectivity index (χ1n) is 17.3. The fourth-order valence-electron chi connectivity index (χ4n) is 6.01. The maximum atomic E-state index is 14.4. The molecule has 4 atom stereocenters. The summed E-state index contributed by atoms with van der Waals surface area (Å²) in [4.78, 5) is 29.1. The minimum Gasteiger partial charge on any atom is -0.497 e. The summed E-state index contributed by atoms with van der Waals surface area (Å²) in [5, 5.41) is 15.8. The summed E-state index contributed by atoms with van der Waals surface area (Å²) < 4.78 is 56.9. The van der Waals surface area contributed by atoms with E-state index >= 15 is 0 Å². The molecule has 3 N–H and O–H groups in total. The number of likely N-dealkylation sites (N-methyl/N-ethyl adjacent to an activating group) is 1. The number of hydrogen-bond donors (Lipinski definition) is 3. The predicted octanol–water partition coefficient (Wildman–Crippen LogP) is 5.18. The zero-order valence-corrected chi connectivity index (χ0v) is 31.0. The Morgan fingerprint density at radius 2 is 1.67 bits per heavy atom. The van der Waals surface area contributed by atoms with Gasteiger partial charge in [0.2, 0.25) is 16.8 Å². The number of carbonyl (C=O) groups excluding carboxylic acids is 2. The highest BCUT2D eigenvalue weighted by Crippen LogP contribution is 2.34. The van der Waals surface area contributed by atoms with E-state index in [0.717, 1.165) is 12.8 Å². The fraction of sp³-hybridized carbons (Fsp3) is 0.459. The lowest BCUT2D eigenvalue weighted by atomic mass is 10.0. The SMILES string of the molecule is COc1ccc(S(=O)(=O)N(C)C[C@H]2OCCCC[C@@H](C)Oc3ccc(NC(=O)Nc4ccc5c(c4)OCO5)cc3C(=O)N([C@@H](C)CO)C[C@@H]2C)cc1. The minimum atomic E-state index is -3.87. The number of carbonyl (C=O) groups is 2. The molecule has 52 heavy (non-hydrogen) atoms. The molecule has 14 nitrogen and oxygen atoms in total. The molecule has 3 aromatic carbocycles. The Balaban J connectivity index is 1.39. The minimum absolute atomic E-state index is 0.0354. The molecule has 2 aliphatic heterocycles. The van der Waals surface area contributed by atoms with E-state index in [9.17, 15) is 23.1 Å². The van der Waals surface area contributed by atoms with Crippen LogP contribution in [-0.4, -0.2) is 100 Å². The van der Waals surface area contributed by atoms with Crippen LogP contribution in [0.3, 0.4) is 0 Å². The molecule has 5 rings (SSSR count). The van der Waals surface area contributed by atoms with Gasteiger partial charge in [0.25, 0.3) is 5.91 Å². The van der Waals surface area contributed by atoms with Gasteiger partial charge in [-0.15, -0.1) is 0 Å². The zero-order valence-electron chi connectivity index (χ0n) is 30.2. The molecular weight excluding hydrogens is 692 g/mol. The lowest BCUT2D eigenvalue weighted by molar-refractivity contribution is -0.00834. The Bertz CT molecular complexity index is 1810. The van der Waals surface area contributed by atoms with Gasteiger partial charge in [-0.2, -0.15) is 4.31 Å². The predicted molar refractivity (Wildman–Crippen MR) is 195 cm³/mol. The van der Waals surface area contributed by atoms with Crippen LogP contribution >= 0.6 is 0 Å². The van der Waals surface area contributed by atoms with E-state index in [0.29, 0.717) is 47.4 Å². The van der Waals surface area contributed by atoms with Crippen LogP contribution < -0.4 is 29.6 Å². The van der Waals surface area contributed by atoms with E-state index in [2.05, 4.69) is 10.6 Å². The quantitative estimate of drug-likeness (QED) is 0.266. The van der Waals surface area contributed by atoms with Crippen molar-refractivity contribution in [1.82, 2.24) is 9.21 Å². The van der Waals surface area contributed by atoms with E-state index in [1.807, 2.05) is 13.8 Å². The van der Waals surface area contributed by atoms with Crippen molar-refractivity contribution < 1.29 is 46.8 Å². The van der Waals surface area contributed by atoms with Crippen LogP contribution in [0.25, 0.3) is 0 Å². The second kappa shape index (κ2) is 17.3. The molecule has 0 unspecified atom stereocenters. The van der Waals surface area contributed by atoms with Gasteiger partial charge in [0.05, 0.1) is 42.4 Å². The van der Waals surface area contributed by atoms with E-state index < -0.39 is 34.1 Å². The molecule has 3 amide bonds. The van der Waals surface area contributed by atoms with Crippen LogP contribution in [0.5, 0.6) is 23.0 Å². The average molecular weight is 741 g/mol. The molecule has 0 aromatic heterocycles. The Kier molecular flexibility index (Phi) is 12.9. The third-order valence-corrected chi connectivity index (χ3v) is 11.0. The highest BCUT2D eigenvalue weighted by atomic mass is 32.2. The third-order valence-electron chi connectivity index (χ3n) is 9.14. The molecule has 15 heteroatoms. The normalized spacial score (nSPS) is 20.3. The fourth-order valence-corrected chi connectivity index (χ4v) is 7.19. The first kappa shape index (κ1) is 38.7. The number of rotatable bonds is 9. The summed E-state index contributed by atoms with van der Waals surface area (Å²) in [7, 11) is -0.850. The van der Waals surface area contributed by atoms with E-state index in [-0.39, 0.29) is 49.0 Å². The number of nitrogens with zero attached hydrogens (tertiary/aromatic N) is 2. The third kappa shape index (κ3) is 9.45. The Labute approximate surface area is 305 Å². The summed E-state index contributed by atoms with van der Waals surface area (Å²) in [5.74, 6) is 1.21. The van der Waals surface area contributed by atoms with Crippen LogP contribution in [0.1, 0.15) is 50.4 Å². The second-order valence-electron chi connectivity index (χ2n) is 13.1. The van der Waals surface area contributed by atoms with Gasteiger partial charge < -0.3 is 44.3 Å². The van der Waals surface area contributed by atoms with Gasteiger partial charge in [0, 0.05) is 50.1 Å². The van der Waals surface area contributed by atoms with Crippen molar-refractivity contribution in [2.24, 2.45) is 5.92 Å². The summed E-state index contributed by atoms with van der Waals surface area (Å²) in [6.07, 6.45) is 1.34. The summed E-state index contributed by atoms with van der Waals surface area (Å²) >= 11 is 0. The Hall–Kier alpha value is -4.57. The molecular formula is C37H48N4O10S. The van der Waals surface area contributed by atoms with Gasteiger partial charge in [0.1, 0.15) is 11.5 Å². The Morgan fingerprint density at radius 1 is 1.00 bits per heavy atom. The number of nitrogens with one attached hydrogen (secondary N) is 2. The van der Waals surface area contributed by atoms with Gasteiger partial charge >= 0.3 is 6.03 Å². The van der Waals surface area contributed by atoms with Gasteiger partial charge in [0.15, 0.2) is 11.5 Å². The molecule has 0 saturated carbocycles. The number of benzene rings is 3. The number of hydrogen-bond acceptors (Lipinski definition) is 10. The number of sulfonamides is 1. The number of amides is 3. The number of anilines is 2. The molecule has 282 valence electrons. The summed E-state index contributed by atoms with van der Waals surface area (Å²) in [6, 6.07) is 14.9. The van der Waals surface area contributed by atoms with Crippen molar-refractivity contribution >= 4 is 33.3 Å². The zero-order chi connectivity index (χ0) is 37.4. The molecule has 3 aromatic rings. The summed E-state index contributed by atoms with van der Waals surface area (Å²) in [6.45, 7) is 5.90. The van der Waals surface area contributed by atoms with Crippen molar-refractivity contribution in [2.45, 2.75) is 63.2 Å². The molecule has 0 bridgehead atoms. The monoisotopic (exact) mass is 740 g/mol. The standard InChI is InChI=1S/C37H48N4O10S/c1-24-20-41(25(2)22-42)36(43)31-18-27(38-37(44)39-28-10-16-33-34(19-28)50-23-49-33)9-15-32(31)51-26(3)8-6-7-17-48-35(24)21-40(4)52(45,46)30-13-11-29(47-5)12-14-30/h9-16,18-19,24-26,35,42H,6-8,17,20-23H2,1-5H3,(H2,38,39,44)/t24-,25-,26+,35+/m0/s1. The number of urea groups is 1. The number of methoxy groups -OCH3 is 1. The number of fused-ring (bicyclic) bond motifs is 2. The molecule has 0 radical (unpaired) electrons. The topological polar surface area (TPSA) is 165 Å². The highest BCUT2D eigenvalue weighted by molar-refractivity contribution is 7.89. The molecule has 2 heterocycles. The van der Waals surface area contributed by atoms with Crippen molar-refractivity contribution in [3.8, 4) is 23.0 Å². The van der Waals surface area contributed by atoms with Crippen LogP contribution in [-0.2, 0) is 14.8 Å². The van der Waals surface area contributed by atoms with E-state index in [4.69, 9.17) is 23.7 Å². The van der Waals surface area contributed by atoms with Crippen LogP contribution in [0.4, 0.5) is 16.2 Å². The Morgan fingerprint density at radius 3 is 2.37 bits per heavy atom.